The Labute approximate surface area is 122 Å². The van der Waals surface area contributed by atoms with E-state index < -0.39 is 0 Å². The second-order valence-corrected chi connectivity index (χ2v) is 5.51. The van der Waals surface area contributed by atoms with Crippen LogP contribution in [0.5, 0.6) is 0 Å². The van der Waals surface area contributed by atoms with Crippen LogP contribution < -0.4 is 5.32 Å². The van der Waals surface area contributed by atoms with Gasteiger partial charge in [-0.05, 0) is 34.1 Å². The minimum Gasteiger partial charge on any atom is -0.383 e. The number of nitrogens with one attached hydrogen (secondary N) is 1. The molecule has 1 aliphatic rings. The fraction of sp³-hybridized carbons (Fsp3) is 0.929. The largest absolute Gasteiger partial charge is 0.383 e. The molecule has 1 rings (SSSR count). The molecule has 1 saturated heterocycles. The summed E-state index contributed by atoms with van der Waals surface area (Å²) in [7, 11) is 7.63. The summed E-state index contributed by atoms with van der Waals surface area (Å²) >= 11 is 0. The summed E-state index contributed by atoms with van der Waals surface area (Å²) in [5.41, 5.74) is 0. The zero-order chi connectivity index (χ0) is 15.0. The van der Waals surface area contributed by atoms with Crippen LogP contribution in [0.2, 0.25) is 0 Å². The van der Waals surface area contributed by atoms with Crippen molar-refractivity contribution in [2.24, 2.45) is 5.92 Å². The third-order valence-corrected chi connectivity index (χ3v) is 3.68. The molecule has 6 heteroatoms. The second-order valence-electron chi connectivity index (χ2n) is 5.51. The lowest BCUT2D eigenvalue weighted by atomic mass is 10.0. The summed E-state index contributed by atoms with van der Waals surface area (Å²) < 4.78 is 10.5. The van der Waals surface area contributed by atoms with E-state index in [0.29, 0.717) is 26.4 Å². The van der Waals surface area contributed by atoms with Crippen molar-refractivity contribution in [3.63, 3.8) is 0 Å². The lowest BCUT2D eigenvalue weighted by molar-refractivity contribution is -0.136. The van der Waals surface area contributed by atoms with Gasteiger partial charge in [-0.2, -0.15) is 0 Å². The van der Waals surface area contributed by atoms with Crippen LogP contribution in [-0.2, 0) is 14.3 Å². The number of methoxy groups -OCH3 is 1. The minimum absolute atomic E-state index is 0.0730. The number of ether oxygens (including phenoxy) is 2. The maximum Gasteiger partial charge on any atom is 0.229 e. The van der Waals surface area contributed by atoms with E-state index in [9.17, 15) is 4.79 Å². The third kappa shape index (κ3) is 5.36. The molecule has 0 aromatic carbocycles. The smallest absolute Gasteiger partial charge is 0.229 e. The van der Waals surface area contributed by atoms with Crippen molar-refractivity contribution in [1.29, 1.82) is 0 Å². The van der Waals surface area contributed by atoms with E-state index in [0.717, 1.165) is 19.5 Å². The molecule has 2 atom stereocenters. The molecule has 6 nitrogen and oxygen atoms in total. The Morgan fingerprint density at radius 3 is 2.65 bits per heavy atom. The van der Waals surface area contributed by atoms with E-state index in [4.69, 9.17) is 9.47 Å². The molecule has 0 saturated carbocycles. The van der Waals surface area contributed by atoms with E-state index in [1.165, 1.54) is 0 Å². The molecule has 0 aromatic rings. The highest BCUT2D eigenvalue weighted by Gasteiger charge is 2.35. The first kappa shape index (κ1) is 17.4. The van der Waals surface area contributed by atoms with Crippen molar-refractivity contribution < 1.29 is 14.3 Å². The van der Waals surface area contributed by atoms with Crippen molar-refractivity contribution in [3.05, 3.63) is 0 Å². The van der Waals surface area contributed by atoms with Crippen LogP contribution >= 0.6 is 0 Å². The molecule has 1 aliphatic heterocycles. The van der Waals surface area contributed by atoms with Crippen molar-refractivity contribution in [2.75, 3.05) is 67.7 Å². The highest BCUT2D eigenvalue weighted by atomic mass is 16.5. The Bertz CT molecular complexity index is 287. The summed E-state index contributed by atoms with van der Waals surface area (Å²) in [5, 5.41) is 3.17. The summed E-state index contributed by atoms with van der Waals surface area (Å²) in [6, 6.07) is 0.126. The third-order valence-electron chi connectivity index (χ3n) is 3.68. The Morgan fingerprint density at radius 2 is 2.05 bits per heavy atom. The molecule has 0 aromatic heterocycles. The van der Waals surface area contributed by atoms with Gasteiger partial charge in [-0.15, -0.1) is 0 Å². The molecule has 0 aliphatic carbocycles. The van der Waals surface area contributed by atoms with Crippen LogP contribution in [-0.4, -0.2) is 89.5 Å². The molecule has 118 valence electrons. The second kappa shape index (κ2) is 9.28. The van der Waals surface area contributed by atoms with E-state index >= 15 is 0 Å². The Kier molecular flexibility index (Phi) is 8.06. The topological polar surface area (TPSA) is 54.0 Å². The number of carbonyl (C=O) groups excluding carboxylic acids is 1. The van der Waals surface area contributed by atoms with Crippen molar-refractivity contribution >= 4 is 5.91 Å². The highest BCUT2D eigenvalue weighted by Crippen LogP contribution is 2.16. The van der Waals surface area contributed by atoms with Gasteiger partial charge in [0, 0.05) is 26.2 Å². The Morgan fingerprint density at radius 1 is 1.30 bits per heavy atom. The van der Waals surface area contributed by atoms with Gasteiger partial charge in [0.15, 0.2) is 0 Å². The van der Waals surface area contributed by atoms with Crippen LogP contribution in [0.25, 0.3) is 0 Å². The molecule has 1 amide bonds. The molecule has 1 heterocycles. The average Bonchev–Trinajstić information content (AvgIpc) is 2.89. The highest BCUT2D eigenvalue weighted by molar-refractivity contribution is 5.80. The molecule has 20 heavy (non-hydrogen) atoms. The first-order valence-electron chi connectivity index (χ1n) is 7.27. The fourth-order valence-electron chi connectivity index (χ4n) is 2.43. The van der Waals surface area contributed by atoms with Crippen molar-refractivity contribution in [1.82, 2.24) is 15.1 Å². The first-order chi connectivity index (χ1) is 9.60. The lowest BCUT2D eigenvalue weighted by Crippen LogP contribution is -2.46. The number of nitrogens with zero attached hydrogens (tertiary/aromatic N) is 2. The van der Waals surface area contributed by atoms with Gasteiger partial charge in [-0.1, -0.05) is 0 Å². The Balaban J connectivity index is 2.54. The van der Waals surface area contributed by atoms with Crippen LogP contribution in [0.3, 0.4) is 0 Å². The molecular formula is C14H29N3O3. The average molecular weight is 287 g/mol. The maximum atomic E-state index is 12.6. The van der Waals surface area contributed by atoms with Crippen molar-refractivity contribution in [3.8, 4) is 0 Å². The minimum atomic E-state index is -0.0730. The van der Waals surface area contributed by atoms with Crippen LogP contribution in [0, 0.1) is 5.92 Å². The standard InChI is InChI=1S/C14H29N3O3/c1-15-13-11-20-10-12(13)14(18)17(8-9-19-4)7-5-6-16(2)3/h12-13,15H,5-11H2,1-4H3. The molecular weight excluding hydrogens is 258 g/mol. The monoisotopic (exact) mass is 287 g/mol. The maximum absolute atomic E-state index is 12.6. The molecule has 1 fully saturated rings. The van der Waals surface area contributed by atoms with Gasteiger partial charge in [0.05, 0.1) is 25.7 Å². The van der Waals surface area contributed by atoms with E-state index in [1.54, 1.807) is 7.11 Å². The van der Waals surface area contributed by atoms with Gasteiger partial charge < -0.3 is 24.6 Å². The van der Waals surface area contributed by atoms with Gasteiger partial charge in [0.2, 0.25) is 5.91 Å². The van der Waals surface area contributed by atoms with E-state index in [2.05, 4.69) is 10.2 Å². The van der Waals surface area contributed by atoms with Crippen LogP contribution in [0.1, 0.15) is 6.42 Å². The van der Waals surface area contributed by atoms with Gasteiger partial charge in [-0.3, -0.25) is 4.79 Å². The van der Waals surface area contributed by atoms with Gasteiger partial charge in [-0.25, -0.2) is 0 Å². The van der Waals surface area contributed by atoms with Crippen LogP contribution in [0.15, 0.2) is 0 Å². The fourth-order valence-corrected chi connectivity index (χ4v) is 2.43. The zero-order valence-corrected chi connectivity index (χ0v) is 13.2. The van der Waals surface area contributed by atoms with Crippen molar-refractivity contribution in [2.45, 2.75) is 12.5 Å². The number of hydrogen-bond donors (Lipinski definition) is 1. The first-order valence-corrected chi connectivity index (χ1v) is 7.27. The summed E-state index contributed by atoms with van der Waals surface area (Å²) in [6.45, 7) is 4.10. The van der Waals surface area contributed by atoms with Gasteiger partial charge in [0.1, 0.15) is 0 Å². The molecule has 1 N–H and O–H groups in total. The Hall–Kier alpha value is -0.690. The lowest BCUT2D eigenvalue weighted by Gasteiger charge is -2.27. The van der Waals surface area contributed by atoms with Gasteiger partial charge in [0.25, 0.3) is 0 Å². The predicted octanol–water partition coefficient (Wildman–Crippen LogP) is -0.352. The zero-order valence-electron chi connectivity index (χ0n) is 13.2. The number of likely N-dealkylation sites (N-methyl/N-ethyl adjacent to an activating group) is 1. The van der Waals surface area contributed by atoms with Crippen LogP contribution in [0.4, 0.5) is 0 Å². The molecule has 0 spiro atoms. The number of rotatable bonds is 9. The summed E-state index contributed by atoms with van der Waals surface area (Å²) in [5.74, 6) is 0.105. The summed E-state index contributed by atoms with van der Waals surface area (Å²) in [4.78, 5) is 16.7. The summed E-state index contributed by atoms with van der Waals surface area (Å²) in [6.07, 6.45) is 0.972. The number of carbonyl (C=O) groups is 1. The normalized spacial score (nSPS) is 22.4. The molecule has 2 unspecified atom stereocenters. The number of amides is 1. The van der Waals surface area contributed by atoms with E-state index in [-0.39, 0.29) is 17.9 Å². The van der Waals surface area contributed by atoms with Gasteiger partial charge >= 0.3 is 0 Å². The SMILES string of the molecule is CNC1COCC1C(=O)N(CCCN(C)C)CCOC. The van der Waals surface area contributed by atoms with E-state index in [1.807, 2.05) is 26.0 Å². The molecule has 0 radical (unpaired) electrons. The molecule has 0 bridgehead atoms. The number of hydrogen-bond acceptors (Lipinski definition) is 5. The quantitative estimate of drug-likeness (QED) is 0.628. The predicted molar refractivity (Wildman–Crippen MR) is 78.8 cm³/mol.